The number of hydrogen-bond acceptors (Lipinski definition) is 3. The van der Waals surface area contributed by atoms with E-state index in [0.717, 1.165) is 19.6 Å². The van der Waals surface area contributed by atoms with Gasteiger partial charge in [0.15, 0.2) is 0 Å². The third kappa shape index (κ3) is 2.71. The maximum absolute atomic E-state index is 10.0. The predicted octanol–water partition coefficient (Wildman–Crippen LogP) is 1.26. The molecule has 3 nitrogen and oxygen atoms in total. The highest BCUT2D eigenvalue weighted by molar-refractivity contribution is 4.87. The minimum Gasteiger partial charge on any atom is -0.390 e. The van der Waals surface area contributed by atoms with E-state index < -0.39 is 0 Å². The Morgan fingerprint density at radius 2 is 2.27 bits per heavy atom. The number of rotatable bonds is 3. The fourth-order valence-electron chi connectivity index (χ4n) is 2.71. The van der Waals surface area contributed by atoms with E-state index in [2.05, 4.69) is 18.7 Å². The van der Waals surface area contributed by atoms with Gasteiger partial charge in [-0.1, -0.05) is 13.8 Å². The van der Waals surface area contributed by atoms with Gasteiger partial charge in [-0.15, -0.1) is 0 Å². The average molecular weight is 213 g/mol. The van der Waals surface area contributed by atoms with Crippen LogP contribution in [0.15, 0.2) is 0 Å². The van der Waals surface area contributed by atoms with Crippen molar-refractivity contribution >= 4 is 0 Å². The molecule has 2 saturated heterocycles. The predicted molar refractivity (Wildman–Crippen MR) is 59.8 cm³/mol. The zero-order valence-electron chi connectivity index (χ0n) is 9.85. The van der Waals surface area contributed by atoms with Crippen molar-refractivity contribution in [2.24, 2.45) is 5.92 Å². The van der Waals surface area contributed by atoms with Crippen molar-refractivity contribution in [2.45, 2.75) is 51.4 Å². The Morgan fingerprint density at radius 1 is 1.47 bits per heavy atom. The van der Waals surface area contributed by atoms with Crippen molar-refractivity contribution in [2.75, 3.05) is 19.7 Å². The van der Waals surface area contributed by atoms with Gasteiger partial charge in [0.1, 0.15) is 0 Å². The van der Waals surface area contributed by atoms with E-state index in [1.807, 2.05) is 0 Å². The molecule has 2 aliphatic rings. The van der Waals surface area contributed by atoms with Gasteiger partial charge in [0.05, 0.1) is 18.8 Å². The van der Waals surface area contributed by atoms with Crippen LogP contribution in [0.1, 0.15) is 33.1 Å². The summed E-state index contributed by atoms with van der Waals surface area (Å²) in [5.41, 5.74) is 0. The summed E-state index contributed by atoms with van der Waals surface area (Å²) >= 11 is 0. The van der Waals surface area contributed by atoms with Gasteiger partial charge in [-0.25, -0.2) is 0 Å². The first-order chi connectivity index (χ1) is 7.16. The summed E-state index contributed by atoms with van der Waals surface area (Å²) in [5.74, 6) is 0.542. The molecule has 88 valence electrons. The van der Waals surface area contributed by atoms with Crippen molar-refractivity contribution in [1.29, 1.82) is 0 Å². The normalized spacial score (nSPS) is 34.4. The van der Waals surface area contributed by atoms with Crippen LogP contribution >= 0.6 is 0 Å². The maximum Gasteiger partial charge on any atom is 0.0961 e. The number of aliphatic hydroxyl groups is 1. The molecular weight excluding hydrogens is 190 g/mol. The van der Waals surface area contributed by atoms with Gasteiger partial charge < -0.3 is 9.84 Å². The summed E-state index contributed by atoms with van der Waals surface area (Å²) in [7, 11) is 0. The van der Waals surface area contributed by atoms with E-state index in [1.165, 1.54) is 19.4 Å². The first kappa shape index (κ1) is 11.4. The summed E-state index contributed by atoms with van der Waals surface area (Å²) in [6.07, 6.45) is 3.17. The summed E-state index contributed by atoms with van der Waals surface area (Å²) in [6.45, 7) is 7.23. The van der Waals surface area contributed by atoms with Gasteiger partial charge in [0.2, 0.25) is 0 Å². The monoisotopic (exact) mass is 213 g/mol. The topological polar surface area (TPSA) is 32.7 Å². The van der Waals surface area contributed by atoms with Gasteiger partial charge in [-0.2, -0.15) is 0 Å². The van der Waals surface area contributed by atoms with E-state index in [0.29, 0.717) is 12.0 Å². The molecule has 0 aliphatic carbocycles. The first-order valence-corrected chi connectivity index (χ1v) is 6.20. The average Bonchev–Trinajstić information content (AvgIpc) is 2.62. The summed E-state index contributed by atoms with van der Waals surface area (Å²) in [5, 5.41) is 10.0. The smallest absolute Gasteiger partial charge is 0.0961 e. The van der Waals surface area contributed by atoms with Crippen LogP contribution in [0.2, 0.25) is 0 Å². The van der Waals surface area contributed by atoms with Crippen LogP contribution in [0.25, 0.3) is 0 Å². The number of fused-ring (bicyclic) bond motifs is 1. The minimum atomic E-state index is -0.286. The Kier molecular flexibility index (Phi) is 3.65. The number of morpholine rings is 1. The molecule has 0 radical (unpaired) electrons. The van der Waals surface area contributed by atoms with Gasteiger partial charge >= 0.3 is 0 Å². The van der Waals surface area contributed by atoms with E-state index in [1.54, 1.807) is 0 Å². The van der Waals surface area contributed by atoms with Crippen LogP contribution in [-0.2, 0) is 4.74 Å². The highest BCUT2D eigenvalue weighted by Crippen LogP contribution is 2.25. The fraction of sp³-hybridized carbons (Fsp3) is 1.00. The van der Waals surface area contributed by atoms with Crippen molar-refractivity contribution in [3.63, 3.8) is 0 Å². The van der Waals surface area contributed by atoms with Crippen molar-refractivity contribution in [3.05, 3.63) is 0 Å². The molecule has 2 heterocycles. The van der Waals surface area contributed by atoms with E-state index in [4.69, 9.17) is 4.74 Å². The second-order valence-electron chi connectivity index (χ2n) is 5.36. The number of ether oxygens (including phenoxy) is 1. The number of aliphatic hydroxyl groups excluding tert-OH is 1. The van der Waals surface area contributed by atoms with Crippen LogP contribution < -0.4 is 0 Å². The molecule has 2 rings (SSSR count). The molecule has 3 atom stereocenters. The molecule has 0 aromatic heterocycles. The molecule has 0 aromatic carbocycles. The lowest BCUT2D eigenvalue weighted by atomic mass is 10.0. The van der Waals surface area contributed by atoms with Crippen LogP contribution in [0, 0.1) is 5.92 Å². The second kappa shape index (κ2) is 4.81. The molecule has 2 fully saturated rings. The molecule has 2 aliphatic heterocycles. The number of nitrogens with zero attached hydrogens (tertiary/aromatic N) is 1. The molecule has 0 saturated carbocycles. The molecular formula is C12H23NO2. The Morgan fingerprint density at radius 3 is 3.00 bits per heavy atom. The van der Waals surface area contributed by atoms with Gasteiger partial charge in [-0.3, -0.25) is 4.90 Å². The summed E-state index contributed by atoms with van der Waals surface area (Å²) < 4.78 is 5.76. The Bertz CT molecular complexity index is 208. The molecule has 1 N–H and O–H groups in total. The van der Waals surface area contributed by atoms with Gasteiger partial charge in [-0.05, 0) is 31.7 Å². The lowest BCUT2D eigenvalue weighted by Crippen LogP contribution is -2.50. The fourth-order valence-corrected chi connectivity index (χ4v) is 2.71. The lowest BCUT2D eigenvalue weighted by molar-refractivity contribution is -0.106. The van der Waals surface area contributed by atoms with Crippen molar-refractivity contribution in [3.8, 4) is 0 Å². The molecule has 15 heavy (non-hydrogen) atoms. The third-order valence-corrected chi connectivity index (χ3v) is 3.56. The summed E-state index contributed by atoms with van der Waals surface area (Å²) in [6, 6.07) is 0.632. The second-order valence-corrected chi connectivity index (χ2v) is 5.36. The molecule has 0 amide bonds. The minimum absolute atomic E-state index is 0.0433. The SMILES string of the molecule is CC(C)CC(O)C1CN2CCCC2CO1. The van der Waals surface area contributed by atoms with Crippen molar-refractivity contribution in [1.82, 2.24) is 4.90 Å². The third-order valence-electron chi connectivity index (χ3n) is 3.56. The molecule has 0 bridgehead atoms. The standard InChI is InChI=1S/C12H23NO2/c1-9(2)6-11(14)12-7-13-5-3-4-10(13)8-15-12/h9-12,14H,3-8H2,1-2H3. The summed E-state index contributed by atoms with van der Waals surface area (Å²) in [4.78, 5) is 2.48. The Labute approximate surface area is 92.4 Å². The maximum atomic E-state index is 10.0. The highest BCUT2D eigenvalue weighted by atomic mass is 16.5. The Balaban J connectivity index is 1.84. The molecule has 3 heteroatoms. The molecule has 3 unspecified atom stereocenters. The largest absolute Gasteiger partial charge is 0.390 e. The van der Waals surface area contributed by atoms with Crippen LogP contribution in [0.4, 0.5) is 0 Å². The quantitative estimate of drug-likeness (QED) is 0.766. The van der Waals surface area contributed by atoms with Crippen LogP contribution in [0.3, 0.4) is 0 Å². The van der Waals surface area contributed by atoms with Crippen molar-refractivity contribution < 1.29 is 9.84 Å². The van der Waals surface area contributed by atoms with Crippen LogP contribution in [-0.4, -0.2) is 48.0 Å². The van der Waals surface area contributed by atoms with E-state index >= 15 is 0 Å². The number of hydrogen-bond donors (Lipinski definition) is 1. The van der Waals surface area contributed by atoms with Gasteiger partial charge in [0.25, 0.3) is 0 Å². The zero-order valence-corrected chi connectivity index (χ0v) is 9.85. The van der Waals surface area contributed by atoms with E-state index in [-0.39, 0.29) is 12.2 Å². The molecule has 0 spiro atoms. The first-order valence-electron chi connectivity index (χ1n) is 6.20. The Hall–Kier alpha value is -0.120. The van der Waals surface area contributed by atoms with E-state index in [9.17, 15) is 5.11 Å². The van der Waals surface area contributed by atoms with Crippen LogP contribution in [0.5, 0.6) is 0 Å². The highest BCUT2D eigenvalue weighted by Gasteiger charge is 2.35. The van der Waals surface area contributed by atoms with Gasteiger partial charge in [0, 0.05) is 12.6 Å². The zero-order chi connectivity index (χ0) is 10.8. The molecule has 0 aromatic rings. The lowest BCUT2D eigenvalue weighted by Gasteiger charge is -2.37.